The van der Waals surface area contributed by atoms with E-state index in [1.165, 1.54) is 6.20 Å². The van der Waals surface area contributed by atoms with E-state index in [0.717, 1.165) is 5.56 Å². The molecule has 2 rings (SSSR count). The molecule has 1 N–H and O–H groups in total. The van der Waals surface area contributed by atoms with Gasteiger partial charge in [0.05, 0.1) is 11.1 Å². The van der Waals surface area contributed by atoms with Crippen LogP contribution in [0.4, 0.5) is 32.2 Å². The molecule has 0 aliphatic heterocycles. The maximum absolute atomic E-state index is 12.8. The van der Waals surface area contributed by atoms with Gasteiger partial charge in [-0.2, -0.15) is 26.3 Å². The molecule has 2 nitrogen and oxygen atoms in total. The summed E-state index contributed by atoms with van der Waals surface area (Å²) in [6, 6.07) is 4.85. The Morgan fingerprint density at radius 2 is 1.48 bits per heavy atom. The maximum atomic E-state index is 12.8. The average molecular weight is 334 g/mol. The van der Waals surface area contributed by atoms with Gasteiger partial charge in [-0.15, -0.1) is 0 Å². The number of anilines is 1. The lowest BCUT2D eigenvalue weighted by atomic mass is 10.0. The number of pyridine rings is 1. The highest BCUT2D eigenvalue weighted by atomic mass is 19.4. The Bertz CT molecular complexity index is 659. The molecule has 1 heterocycles. The molecule has 0 radical (unpaired) electrons. The van der Waals surface area contributed by atoms with Crippen molar-refractivity contribution >= 4 is 5.82 Å². The number of nitrogens with one attached hydrogen (secondary N) is 1. The highest BCUT2D eigenvalue weighted by Gasteiger charge is 2.36. The van der Waals surface area contributed by atoms with Crippen molar-refractivity contribution in [2.75, 3.05) is 5.32 Å². The second-order valence-corrected chi connectivity index (χ2v) is 4.99. The first-order valence-electron chi connectivity index (χ1n) is 6.50. The van der Waals surface area contributed by atoms with E-state index < -0.39 is 23.5 Å². The maximum Gasteiger partial charge on any atom is 0.416 e. The van der Waals surface area contributed by atoms with Gasteiger partial charge in [0, 0.05) is 12.7 Å². The van der Waals surface area contributed by atoms with Gasteiger partial charge in [-0.05, 0) is 48.4 Å². The smallest absolute Gasteiger partial charge is 0.366 e. The fraction of sp³-hybridized carbons (Fsp3) is 0.267. The summed E-state index contributed by atoms with van der Waals surface area (Å²) >= 11 is 0. The van der Waals surface area contributed by atoms with Gasteiger partial charge >= 0.3 is 12.4 Å². The van der Waals surface area contributed by atoms with Crippen molar-refractivity contribution in [2.45, 2.75) is 25.8 Å². The minimum absolute atomic E-state index is 0.106. The molecule has 0 aliphatic carbocycles. The molecule has 2 aromatic rings. The Labute approximate surface area is 128 Å². The van der Waals surface area contributed by atoms with Gasteiger partial charge in [0.1, 0.15) is 5.82 Å². The molecule has 0 bridgehead atoms. The van der Waals surface area contributed by atoms with Crippen molar-refractivity contribution in [1.29, 1.82) is 0 Å². The molecule has 0 spiro atoms. The van der Waals surface area contributed by atoms with Crippen LogP contribution in [0, 0.1) is 6.92 Å². The van der Waals surface area contributed by atoms with Gasteiger partial charge in [-0.3, -0.25) is 0 Å². The van der Waals surface area contributed by atoms with Crippen LogP contribution < -0.4 is 5.32 Å². The van der Waals surface area contributed by atoms with Gasteiger partial charge < -0.3 is 5.32 Å². The number of hydrogen-bond donors (Lipinski definition) is 1. The topological polar surface area (TPSA) is 24.9 Å². The summed E-state index contributed by atoms with van der Waals surface area (Å²) < 4.78 is 76.5. The summed E-state index contributed by atoms with van der Waals surface area (Å²) in [5, 5.41) is 2.71. The minimum atomic E-state index is -4.85. The molecule has 0 amide bonds. The lowest BCUT2D eigenvalue weighted by Crippen LogP contribution is -2.13. The Morgan fingerprint density at radius 3 is 1.96 bits per heavy atom. The van der Waals surface area contributed by atoms with Crippen molar-refractivity contribution in [3.63, 3.8) is 0 Å². The SMILES string of the molecule is Cc1ccnc(NCc2cc(C(F)(F)F)cc(C(F)(F)F)c2)c1. The fourth-order valence-electron chi connectivity index (χ4n) is 1.95. The van der Waals surface area contributed by atoms with E-state index in [9.17, 15) is 26.3 Å². The molecule has 124 valence electrons. The predicted molar refractivity (Wildman–Crippen MR) is 72.7 cm³/mol. The van der Waals surface area contributed by atoms with Gasteiger partial charge in [0.25, 0.3) is 0 Å². The van der Waals surface area contributed by atoms with E-state index in [4.69, 9.17) is 0 Å². The molecule has 8 heteroatoms. The van der Waals surface area contributed by atoms with E-state index in [1.54, 1.807) is 19.1 Å². The van der Waals surface area contributed by atoms with Crippen LogP contribution in [0.3, 0.4) is 0 Å². The third-order valence-electron chi connectivity index (χ3n) is 3.04. The molecule has 0 aliphatic rings. The highest BCUT2D eigenvalue weighted by molar-refractivity contribution is 5.40. The molecule has 0 atom stereocenters. The van der Waals surface area contributed by atoms with Gasteiger partial charge in [0.15, 0.2) is 0 Å². The number of aryl methyl sites for hydroxylation is 1. The summed E-state index contributed by atoms with van der Waals surface area (Å²) in [5.74, 6) is 0.371. The highest BCUT2D eigenvalue weighted by Crippen LogP contribution is 2.36. The standard InChI is InChI=1S/C15H12F6N2/c1-9-2-3-22-13(4-9)23-8-10-5-11(14(16,17)18)7-12(6-10)15(19,20)21/h2-7H,8H2,1H3,(H,22,23). The summed E-state index contributed by atoms with van der Waals surface area (Å²) in [6.07, 6.45) is -8.21. The number of alkyl halides is 6. The van der Waals surface area contributed by atoms with Crippen molar-refractivity contribution in [3.8, 4) is 0 Å². The third-order valence-corrected chi connectivity index (χ3v) is 3.04. The van der Waals surface area contributed by atoms with E-state index in [2.05, 4.69) is 10.3 Å². The average Bonchev–Trinajstić information content (AvgIpc) is 2.43. The van der Waals surface area contributed by atoms with Crippen LogP contribution in [0.1, 0.15) is 22.3 Å². The predicted octanol–water partition coefficient (Wildman–Crippen LogP) is 5.04. The van der Waals surface area contributed by atoms with E-state index >= 15 is 0 Å². The number of nitrogens with zero attached hydrogens (tertiary/aromatic N) is 1. The van der Waals surface area contributed by atoms with E-state index in [0.29, 0.717) is 18.0 Å². The van der Waals surface area contributed by atoms with Gasteiger partial charge in [0.2, 0.25) is 0 Å². The number of hydrogen-bond acceptors (Lipinski definition) is 2. The Morgan fingerprint density at radius 1 is 0.913 bits per heavy atom. The molecule has 0 fully saturated rings. The first kappa shape index (κ1) is 17.1. The number of rotatable bonds is 3. The van der Waals surface area contributed by atoms with Crippen LogP contribution >= 0.6 is 0 Å². The lowest BCUT2D eigenvalue weighted by Gasteiger charge is -2.14. The van der Waals surface area contributed by atoms with Crippen LogP contribution in [0.15, 0.2) is 36.5 Å². The summed E-state index contributed by atoms with van der Waals surface area (Å²) in [5.41, 5.74) is -1.93. The normalized spacial score (nSPS) is 12.3. The van der Waals surface area contributed by atoms with Crippen LogP contribution in [0.25, 0.3) is 0 Å². The first-order valence-corrected chi connectivity index (χ1v) is 6.50. The number of benzene rings is 1. The zero-order valence-electron chi connectivity index (χ0n) is 11.9. The van der Waals surface area contributed by atoms with Crippen molar-refractivity contribution in [1.82, 2.24) is 4.98 Å². The van der Waals surface area contributed by atoms with Crippen molar-refractivity contribution in [3.05, 3.63) is 58.8 Å². The summed E-state index contributed by atoms with van der Waals surface area (Å²) in [7, 11) is 0. The van der Waals surface area contributed by atoms with Crippen LogP contribution in [-0.2, 0) is 18.9 Å². The van der Waals surface area contributed by atoms with Crippen molar-refractivity contribution in [2.24, 2.45) is 0 Å². The third kappa shape index (κ3) is 4.61. The fourth-order valence-corrected chi connectivity index (χ4v) is 1.95. The quantitative estimate of drug-likeness (QED) is 0.796. The molecule has 1 aromatic carbocycles. The molecule has 23 heavy (non-hydrogen) atoms. The monoisotopic (exact) mass is 334 g/mol. The number of aromatic nitrogens is 1. The second kappa shape index (κ2) is 6.10. The summed E-state index contributed by atoms with van der Waals surface area (Å²) in [4.78, 5) is 3.94. The molecule has 1 aromatic heterocycles. The lowest BCUT2D eigenvalue weighted by molar-refractivity contribution is -0.143. The largest absolute Gasteiger partial charge is 0.416 e. The van der Waals surface area contributed by atoms with Gasteiger partial charge in [-0.1, -0.05) is 0 Å². The molecular formula is C15H12F6N2. The van der Waals surface area contributed by atoms with Gasteiger partial charge in [-0.25, -0.2) is 4.98 Å². The molecular weight excluding hydrogens is 322 g/mol. The Hall–Kier alpha value is -2.25. The Balaban J connectivity index is 2.30. The van der Waals surface area contributed by atoms with Crippen molar-refractivity contribution < 1.29 is 26.3 Å². The number of halogens is 6. The first-order chi connectivity index (χ1) is 10.6. The zero-order valence-corrected chi connectivity index (χ0v) is 11.9. The van der Waals surface area contributed by atoms with Crippen LogP contribution in [0.2, 0.25) is 0 Å². The second-order valence-electron chi connectivity index (χ2n) is 4.99. The van der Waals surface area contributed by atoms with Crippen LogP contribution in [0.5, 0.6) is 0 Å². The zero-order chi connectivity index (χ0) is 17.3. The van der Waals surface area contributed by atoms with E-state index in [1.807, 2.05) is 0 Å². The molecule has 0 saturated carbocycles. The molecule has 0 unspecified atom stereocenters. The van der Waals surface area contributed by atoms with Crippen LogP contribution in [-0.4, -0.2) is 4.98 Å². The summed E-state index contributed by atoms with van der Waals surface area (Å²) in [6.45, 7) is 1.59. The Kier molecular flexibility index (Phi) is 4.53. The minimum Gasteiger partial charge on any atom is -0.366 e. The molecule has 0 saturated heterocycles. The van der Waals surface area contributed by atoms with E-state index in [-0.39, 0.29) is 18.2 Å².